The third-order valence-corrected chi connectivity index (χ3v) is 8.19. The van der Waals surface area contributed by atoms with E-state index >= 15 is 0 Å². The molecule has 0 radical (unpaired) electrons. The zero-order valence-corrected chi connectivity index (χ0v) is 17.6. The van der Waals surface area contributed by atoms with Gasteiger partial charge in [0.15, 0.2) is 5.28 Å². The van der Waals surface area contributed by atoms with E-state index in [0.29, 0.717) is 13.2 Å². The normalized spacial score (nSPS) is 20.3. The lowest BCUT2D eigenvalue weighted by atomic mass is 9.85. The van der Waals surface area contributed by atoms with Gasteiger partial charge in [0, 0.05) is 0 Å². The Morgan fingerprint density at radius 1 is 0.690 bits per heavy atom. The molecule has 1 heterocycles. The molecule has 1 saturated heterocycles. The van der Waals surface area contributed by atoms with Crippen LogP contribution in [0.1, 0.15) is 30.5 Å². The fraction of sp³-hybridized carbons (Fsp3) is 0.250. The highest BCUT2D eigenvalue weighted by Gasteiger charge is 2.80. The topological polar surface area (TPSA) is 57.5 Å². The lowest BCUT2D eigenvalue weighted by molar-refractivity contribution is 0.206. The van der Waals surface area contributed by atoms with Gasteiger partial charge in [-0.05, 0) is 30.5 Å². The molecule has 1 aliphatic heterocycles. The Balaban J connectivity index is 2.03. The number of hydrogen-bond donors (Lipinski definition) is 1. The van der Waals surface area contributed by atoms with Gasteiger partial charge in [-0.15, -0.1) is 0 Å². The monoisotopic (exact) mass is 407 g/mol. The molecule has 1 fully saturated rings. The molecule has 29 heavy (non-hydrogen) atoms. The van der Waals surface area contributed by atoms with E-state index in [9.17, 15) is 4.57 Å². The van der Waals surface area contributed by atoms with Crippen molar-refractivity contribution in [3.8, 4) is 0 Å². The van der Waals surface area contributed by atoms with Crippen molar-refractivity contribution in [2.45, 2.75) is 24.7 Å². The highest BCUT2D eigenvalue weighted by molar-refractivity contribution is 7.55. The standard InChI is InChI=1S/C24H26NO3P/c1-3-27-29(26,28-4-2)24(22-18-12-7-13-19-22)23(25-24,20-14-8-5-9-15-20)21-16-10-6-11-17-21/h5-19,25H,3-4H2,1-2H3. The third-order valence-electron chi connectivity index (χ3n) is 5.46. The second-order valence-corrected chi connectivity index (χ2v) is 9.20. The Morgan fingerprint density at radius 3 is 1.45 bits per heavy atom. The number of rotatable bonds is 8. The van der Waals surface area contributed by atoms with E-state index in [-0.39, 0.29) is 0 Å². The molecule has 5 heteroatoms. The van der Waals surface area contributed by atoms with Gasteiger partial charge in [0.05, 0.1) is 13.2 Å². The first-order valence-electron chi connectivity index (χ1n) is 9.99. The SMILES string of the molecule is CCOP(=O)(OCC)C1(c2ccccc2)NC1(c1ccccc1)c1ccccc1. The fourth-order valence-electron chi connectivity index (χ4n) is 4.32. The quantitative estimate of drug-likeness (QED) is 0.387. The van der Waals surface area contributed by atoms with E-state index in [1.807, 2.05) is 80.6 Å². The first-order valence-corrected chi connectivity index (χ1v) is 11.5. The van der Waals surface area contributed by atoms with Gasteiger partial charge in [0.1, 0.15) is 5.54 Å². The van der Waals surface area contributed by atoms with Gasteiger partial charge in [0.2, 0.25) is 0 Å². The van der Waals surface area contributed by atoms with Crippen LogP contribution in [0.4, 0.5) is 0 Å². The van der Waals surface area contributed by atoms with Crippen molar-refractivity contribution >= 4 is 7.60 Å². The molecule has 1 N–H and O–H groups in total. The number of nitrogens with one attached hydrogen (secondary N) is 1. The summed E-state index contributed by atoms with van der Waals surface area (Å²) < 4.78 is 26.2. The molecule has 0 aromatic heterocycles. The van der Waals surface area contributed by atoms with Crippen molar-refractivity contribution in [3.05, 3.63) is 108 Å². The first kappa shape index (κ1) is 20.1. The van der Waals surface area contributed by atoms with Gasteiger partial charge in [-0.25, -0.2) is 0 Å². The van der Waals surface area contributed by atoms with Crippen LogP contribution in [0.3, 0.4) is 0 Å². The van der Waals surface area contributed by atoms with Crippen molar-refractivity contribution in [1.29, 1.82) is 0 Å². The average molecular weight is 407 g/mol. The van der Waals surface area contributed by atoms with Crippen LogP contribution in [0.25, 0.3) is 0 Å². The second-order valence-electron chi connectivity index (χ2n) is 7.02. The van der Waals surface area contributed by atoms with Crippen LogP contribution in [0.2, 0.25) is 0 Å². The van der Waals surface area contributed by atoms with E-state index in [4.69, 9.17) is 9.05 Å². The van der Waals surface area contributed by atoms with Crippen molar-refractivity contribution < 1.29 is 13.6 Å². The molecule has 1 atom stereocenters. The number of benzene rings is 3. The maximum absolute atomic E-state index is 14.4. The van der Waals surface area contributed by atoms with Crippen molar-refractivity contribution in [1.82, 2.24) is 5.32 Å². The molecule has 0 amide bonds. The summed E-state index contributed by atoms with van der Waals surface area (Å²) in [6.07, 6.45) is 0. The van der Waals surface area contributed by atoms with Crippen LogP contribution in [0, 0.1) is 0 Å². The smallest absolute Gasteiger partial charge is 0.307 e. The second kappa shape index (κ2) is 7.89. The lowest BCUT2D eigenvalue weighted by Gasteiger charge is -2.30. The minimum atomic E-state index is -3.60. The average Bonchev–Trinajstić information content (AvgIpc) is 3.50. The van der Waals surface area contributed by atoms with Crippen molar-refractivity contribution in [2.24, 2.45) is 0 Å². The zero-order chi connectivity index (χ0) is 20.4. The molecule has 1 unspecified atom stereocenters. The molecule has 4 rings (SSSR count). The van der Waals surface area contributed by atoms with Crippen LogP contribution in [-0.4, -0.2) is 13.2 Å². The van der Waals surface area contributed by atoms with Gasteiger partial charge >= 0.3 is 7.60 Å². The maximum Gasteiger partial charge on any atom is 0.357 e. The summed E-state index contributed by atoms with van der Waals surface area (Å²) in [7, 11) is -3.60. The Hall–Kier alpha value is -2.23. The van der Waals surface area contributed by atoms with E-state index in [0.717, 1.165) is 16.7 Å². The Labute approximate surface area is 172 Å². The number of hydrogen-bond acceptors (Lipinski definition) is 4. The Morgan fingerprint density at radius 2 is 1.07 bits per heavy atom. The van der Waals surface area contributed by atoms with Crippen LogP contribution in [0.15, 0.2) is 91.0 Å². The predicted molar refractivity (Wildman–Crippen MR) is 116 cm³/mol. The summed E-state index contributed by atoms with van der Waals surface area (Å²) in [6.45, 7) is 4.29. The van der Waals surface area contributed by atoms with Crippen LogP contribution in [0.5, 0.6) is 0 Å². The van der Waals surface area contributed by atoms with E-state index in [2.05, 4.69) is 29.6 Å². The van der Waals surface area contributed by atoms with Crippen molar-refractivity contribution in [3.63, 3.8) is 0 Å². The van der Waals surface area contributed by atoms with Crippen LogP contribution in [-0.2, 0) is 24.4 Å². The molecule has 0 saturated carbocycles. The highest BCUT2D eigenvalue weighted by atomic mass is 31.2. The Bertz CT molecular complexity index is 945. The summed E-state index contributed by atoms with van der Waals surface area (Å²) in [5.74, 6) is 0. The summed E-state index contributed by atoms with van der Waals surface area (Å²) in [5.41, 5.74) is 2.21. The summed E-state index contributed by atoms with van der Waals surface area (Å²) in [5, 5.41) is 2.62. The van der Waals surface area contributed by atoms with E-state index in [1.54, 1.807) is 0 Å². The predicted octanol–water partition coefficient (Wildman–Crippen LogP) is 5.65. The van der Waals surface area contributed by atoms with Gasteiger partial charge in [0.25, 0.3) is 0 Å². The lowest BCUT2D eigenvalue weighted by Crippen LogP contribution is -2.26. The van der Waals surface area contributed by atoms with Crippen LogP contribution >= 0.6 is 7.60 Å². The van der Waals surface area contributed by atoms with Crippen molar-refractivity contribution in [2.75, 3.05) is 13.2 Å². The summed E-state index contributed by atoms with van der Waals surface area (Å²) in [6, 6.07) is 30.1. The molecule has 4 nitrogen and oxygen atoms in total. The molecule has 3 aromatic carbocycles. The first-order chi connectivity index (χ1) is 14.1. The van der Waals surface area contributed by atoms with Gasteiger partial charge in [-0.1, -0.05) is 91.0 Å². The highest BCUT2D eigenvalue weighted by Crippen LogP contribution is 2.79. The molecule has 3 aromatic rings. The van der Waals surface area contributed by atoms with E-state index < -0.39 is 18.4 Å². The minimum Gasteiger partial charge on any atom is -0.307 e. The molecular weight excluding hydrogens is 381 g/mol. The summed E-state index contributed by atoms with van der Waals surface area (Å²) >= 11 is 0. The molecule has 0 spiro atoms. The fourth-order valence-corrected chi connectivity index (χ4v) is 6.90. The van der Waals surface area contributed by atoms with E-state index in [1.165, 1.54) is 0 Å². The zero-order valence-electron chi connectivity index (χ0n) is 16.7. The molecular formula is C24H26NO3P. The van der Waals surface area contributed by atoms with Gasteiger partial charge in [-0.3, -0.25) is 9.88 Å². The largest absolute Gasteiger partial charge is 0.357 e. The minimum absolute atomic E-state index is 0.299. The molecule has 1 aliphatic rings. The van der Waals surface area contributed by atoms with Crippen LogP contribution < -0.4 is 5.32 Å². The van der Waals surface area contributed by atoms with Gasteiger partial charge in [-0.2, -0.15) is 0 Å². The summed E-state index contributed by atoms with van der Waals surface area (Å²) in [4.78, 5) is 0. The van der Waals surface area contributed by atoms with Gasteiger partial charge < -0.3 is 9.05 Å². The maximum atomic E-state index is 14.4. The Kier molecular flexibility index (Phi) is 5.46. The molecule has 150 valence electrons. The molecule has 0 bridgehead atoms. The molecule has 0 aliphatic carbocycles. The third kappa shape index (κ3) is 2.99.